The van der Waals surface area contributed by atoms with Crippen LogP contribution in [0, 0.1) is 5.82 Å². The Morgan fingerprint density at radius 2 is 1.64 bits per heavy atom. The summed E-state index contributed by atoms with van der Waals surface area (Å²) in [5, 5.41) is 0.136. The third kappa shape index (κ3) is 3.89. The van der Waals surface area contributed by atoms with E-state index in [2.05, 4.69) is 0 Å². The molecule has 2 amide bonds. The monoisotopic (exact) mass is 391 g/mol. The van der Waals surface area contributed by atoms with E-state index in [9.17, 15) is 17.6 Å². The second-order valence-corrected chi connectivity index (χ2v) is 8.19. The van der Waals surface area contributed by atoms with Crippen LogP contribution in [0.5, 0.6) is 0 Å². The zero-order valence-corrected chi connectivity index (χ0v) is 15.1. The van der Waals surface area contributed by atoms with Crippen molar-refractivity contribution in [1.29, 1.82) is 0 Å². The van der Waals surface area contributed by atoms with E-state index in [1.807, 2.05) is 0 Å². The second kappa shape index (κ2) is 7.45. The highest BCUT2D eigenvalue weighted by molar-refractivity contribution is 7.89. The molecule has 0 saturated carbocycles. The molecule has 0 radical (unpaired) electrons. The number of morpholine rings is 1. The van der Waals surface area contributed by atoms with E-state index in [0.29, 0.717) is 26.3 Å². The highest BCUT2D eigenvalue weighted by Crippen LogP contribution is 2.23. The molecule has 1 aromatic rings. The van der Waals surface area contributed by atoms with E-state index in [0.717, 1.165) is 12.1 Å². The summed E-state index contributed by atoms with van der Waals surface area (Å²) in [7, 11) is -3.96. The van der Waals surface area contributed by atoms with Crippen LogP contribution in [0.3, 0.4) is 0 Å². The van der Waals surface area contributed by atoms with Gasteiger partial charge in [-0.3, -0.25) is 0 Å². The first-order chi connectivity index (χ1) is 11.9. The summed E-state index contributed by atoms with van der Waals surface area (Å²) in [6, 6.07) is 3.37. The molecule has 7 nitrogen and oxygen atoms in total. The lowest BCUT2D eigenvalue weighted by Gasteiger charge is -2.38. The van der Waals surface area contributed by atoms with Gasteiger partial charge in [-0.25, -0.2) is 17.6 Å². The van der Waals surface area contributed by atoms with Crippen LogP contribution in [0.15, 0.2) is 23.1 Å². The van der Waals surface area contributed by atoms with E-state index in [4.69, 9.17) is 16.3 Å². The minimum atomic E-state index is -3.96. The number of nitrogens with zero attached hydrogens (tertiary/aromatic N) is 3. The Morgan fingerprint density at radius 1 is 1.04 bits per heavy atom. The number of sulfonamides is 1. The lowest BCUT2D eigenvalue weighted by atomic mass is 10.3. The van der Waals surface area contributed by atoms with Crippen molar-refractivity contribution in [2.75, 3.05) is 52.5 Å². The summed E-state index contributed by atoms with van der Waals surface area (Å²) >= 11 is 5.67. The molecule has 2 aliphatic rings. The predicted octanol–water partition coefficient (Wildman–Crippen LogP) is 1.24. The molecule has 0 unspecified atom stereocenters. The van der Waals surface area contributed by atoms with E-state index < -0.39 is 20.7 Å². The number of piperazine rings is 1. The van der Waals surface area contributed by atoms with Crippen molar-refractivity contribution in [1.82, 2.24) is 14.1 Å². The van der Waals surface area contributed by atoms with Gasteiger partial charge < -0.3 is 14.5 Å². The SMILES string of the molecule is O=C(N1CCOCC1)N1CCN(S(=O)(=O)c2ccc(Cl)cc2F)CC1. The molecular weight excluding hydrogens is 373 g/mol. The molecule has 0 atom stereocenters. The average Bonchev–Trinajstić information content (AvgIpc) is 2.61. The fourth-order valence-corrected chi connectivity index (χ4v) is 4.52. The van der Waals surface area contributed by atoms with Crippen LogP contribution >= 0.6 is 11.6 Å². The second-order valence-electron chi connectivity index (χ2n) is 5.85. The number of urea groups is 1. The molecule has 10 heteroatoms. The van der Waals surface area contributed by atoms with Crippen LogP contribution in [-0.2, 0) is 14.8 Å². The van der Waals surface area contributed by atoms with Crippen LogP contribution < -0.4 is 0 Å². The third-order valence-electron chi connectivity index (χ3n) is 4.30. The van der Waals surface area contributed by atoms with Crippen LogP contribution in [-0.4, -0.2) is 81.0 Å². The fraction of sp³-hybridized carbons (Fsp3) is 0.533. The zero-order valence-electron chi connectivity index (χ0n) is 13.5. The van der Waals surface area contributed by atoms with E-state index >= 15 is 0 Å². The van der Waals surface area contributed by atoms with Crippen LogP contribution in [0.25, 0.3) is 0 Å². The fourth-order valence-electron chi connectivity index (χ4n) is 2.90. The van der Waals surface area contributed by atoms with Gasteiger partial charge in [0.2, 0.25) is 10.0 Å². The van der Waals surface area contributed by atoms with Crippen molar-refractivity contribution in [3.63, 3.8) is 0 Å². The molecule has 2 heterocycles. The summed E-state index contributed by atoms with van der Waals surface area (Å²) < 4.78 is 45.6. The van der Waals surface area contributed by atoms with Crippen LogP contribution in [0.4, 0.5) is 9.18 Å². The van der Waals surface area contributed by atoms with Crippen molar-refractivity contribution < 1.29 is 22.3 Å². The Bertz CT molecular complexity index is 747. The Morgan fingerprint density at radius 3 is 2.24 bits per heavy atom. The number of amides is 2. The first-order valence-electron chi connectivity index (χ1n) is 7.96. The summed E-state index contributed by atoms with van der Waals surface area (Å²) in [5.74, 6) is -0.876. The molecule has 25 heavy (non-hydrogen) atoms. The minimum Gasteiger partial charge on any atom is -0.378 e. The van der Waals surface area contributed by atoms with Crippen molar-refractivity contribution in [2.24, 2.45) is 0 Å². The molecule has 2 saturated heterocycles. The highest BCUT2D eigenvalue weighted by Gasteiger charge is 2.33. The molecule has 0 N–H and O–H groups in total. The van der Waals surface area contributed by atoms with Crippen molar-refractivity contribution in [3.8, 4) is 0 Å². The lowest BCUT2D eigenvalue weighted by Crippen LogP contribution is -2.55. The largest absolute Gasteiger partial charge is 0.378 e. The molecule has 2 fully saturated rings. The Balaban J connectivity index is 1.66. The summed E-state index contributed by atoms with van der Waals surface area (Å²) in [5.41, 5.74) is 0. The van der Waals surface area contributed by atoms with Crippen LogP contribution in [0.1, 0.15) is 0 Å². The van der Waals surface area contributed by atoms with Gasteiger partial charge in [-0.1, -0.05) is 11.6 Å². The van der Waals surface area contributed by atoms with Gasteiger partial charge in [-0.15, -0.1) is 0 Å². The lowest BCUT2D eigenvalue weighted by molar-refractivity contribution is 0.0405. The molecule has 1 aromatic carbocycles. The standard InChI is InChI=1S/C15H19ClFN3O4S/c16-12-1-2-14(13(17)11-12)25(22,23)20-5-3-18(4-6-20)15(21)19-7-9-24-10-8-19/h1-2,11H,3-10H2. The van der Waals surface area contributed by atoms with E-state index in [-0.39, 0.29) is 37.2 Å². The number of halogens is 2. The van der Waals surface area contributed by atoms with Gasteiger partial charge in [0.1, 0.15) is 10.7 Å². The number of hydrogen-bond acceptors (Lipinski definition) is 4. The number of rotatable bonds is 2. The van der Waals surface area contributed by atoms with Crippen LogP contribution in [0.2, 0.25) is 5.02 Å². The van der Waals surface area contributed by atoms with Gasteiger partial charge in [0.15, 0.2) is 0 Å². The zero-order chi connectivity index (χ0) is 18.0. The predicted molar refractivity (Wildman–Crippen MR) is 89.5 cm³/mol. The first kappa shape index (κ1) is 18.4. The molecular formula is C15H19ClFN3O4S. The van der Waals surface area contributed by atoms with Crippen molar-refractivity contribution in [3.05, 3.63) is 29.0 Å². The number of benzene rings is 1. The van der Waals surface area contributed by atoms with Gasteiger partial charge in [0.25, 0.3) is 0 Å². The van der Waals surface area contributed by atoms with Gasteiger partial charge in [-0.05, 0) is 18.2 Å². The Hall–Kier alpha value is -1.42. The van der Waals surface area contributed by atoms with Crippen molar-refractivity contribution >= 4 is 27.7 Å². The average molecular weight is 392 g/mol. The van der Waals surface area contributed by atoms with Crippen molar-refractivity contribution in [2.45, 2.75) is 4.90 Å². The number of carbonyl (C=O) groups is 1. The highest BCUT2D eigenvalue weighted by atomic mass is 35.5. The summed E-state index contributed by atoms with van der Waals surface area (Å²) in [6.07, 6.45) is 0. The molecule has 3 rings (SSSR count). The molecule has 2 aliphatic heterocycles. The van der Waals surface area contributed by atoms with Gasteiger partial charge in [0.05, 0.1) is 13.2 Å². The third-order valence-corrected chi connectivity index (χ3v) is 6.47. The number of hydrogen-bond donors (Lipinski definition) is 0. The Labute approximate surface area is 150 Å². The Kier molecular flexibility index (Phi) is 5.47. The molecule has 0 bridgehead atoms. The van der Waals surface area contributed by atoms with Gasteiger partial charge in [0, 0.05) is 44.3 Å². The number of ether oxygens (including phenoxy) is 1. The maximum absolute atomic E-state index is 14.0. The molecule has 0 aromatic heterocycles. The molecule has 138 valence electrons. The number of carbonyl (C=O) groups excluding carboxylic acids is 1. The normalized spacial score (nSPS) is 19.9. The smallest absolute Gasteiger partial charge is 0.320 e. The van der Waals surface area contributed by atoms with E-state index in [1.54, 1.807) is 9.80 Å². The summed E-state index contributed by atoms with van der Waals surface area (Å²) in [6.45, 7) is 2.88. The first-order valence-corrected chi connectivity index (χ1v) is 9.78. The maximum Gasteiger partial charge on any atom is 0.320 e. The maximum atomic E-state index is 14.0. The van der Waals surface area contributed by atoms with E-state index in [1.165, 1.54) is 10.4 Å². The topological polar surface area (TPSA) is 70.2 Å². The summed E-state index contributed by atoms with van der Waals surface area (Å²) in [4.78, 5) is 15.3. The quantitative estimate of drug-likeness (QED) is 0.760. The van der Waals surface area contributed by atoms with Gasteiger partial charge >= 0.3 is 6.03 Å². The molecule has 0 aliphatic carbocycles. The molecule has 0 spiro atoms. The minimum absolute atomic E-state index is 0.113. The van der Waals surface area contributed by atoms with Gasteiger partial charge in [-0.2, -0.15) is 4.31 Å².